The van der Waals surface area contributed by atoms with Gasteiger partial charge in [-0.25, -0.2) is 0 Å². The van der Waals surface area contributed by atoms with Crippen molar-refractivity contribution in [3.8, 4) is 0 Å². The van der Waals surface area contributed by atoms with Gasteiger partial charge in [-0.3, -0.25) is 0 Å². The van der Waals surface area contributed by atoms with Crippen LogP contribution in [0.15, 0.2) is 4.99 Å². The first-order chi connectivity index (χ1) is 4.34. The molecule has 1 rings (SSSR count). The van der Waals surface area contributed by atoms with E-state index in [4.69, 9.17) is 13.2 Å². The van der Waals surface area contributed by atoms with Gasteiger partial charge in [-0.1, -0.05) is 0 Å². The molecular formula is C6H10BN2. The van der Waals surface area contributed by atoms with Crippen LogP contribution in [-0.4, -0.2) is 25.8 Å². The molecule has 1 heterocycles. The van der Waals surface area contributed by atoms with E-state index < -0.39 is 0 Å². The van der Waals surface area contributed by atoms with Crippen molar-refractivity contribution in [1.82, 2.24) is 0 Å². The first-order valence-electron chi connectivity index (χ1n) is 3.18. The van der Waals surface area contributed by atoms with E-state index in [1.54, 1.807) is 5.97 Å². The standard InChI is InChI=1S/C6H10BN2/c7-3-1-5-2-4-9-6(5)8/h3,5H,1-2,4H2,(H2,8,9). The Kier molecular flexibility index (Phi) is 2.03. The van der Waals surface area contributed by atoms with E-state index in [1.807, 2.05) is 0 Å². The molecule has 9 heavy (non-hydrogen) atoms. The van der Waals surface area contributed by atoms with Gasteiger partial charge in [0.15, 0.2) is 0 Å². The predicted molar refractivity (Wildman–Crippen MR) is 41.0 cm³/mol. The molecule has 1 aliphatic heterocycles. The van der Waals surface area contributed by atoms with Crippen molar-refractivity contribution >= 4 is 19.3 Å². The number of hydrogen-bond donors (Lipinski definition) is 1. The number of nitrogens with two attached hydrogens (primary N) is 1. The topological polar surface area (TPSA) is 38.4 Å². The molecule has 0 saturated heterocycles. The molecule has 1 atom stereocenters. The fourth-order valence-electron chi connectivity index (χ4n) is 1.03. The van der Waals surface area contributed by atoms with Crippen molar-refractivity contribution < 1.29 is 0 Å². The molecule has 0 aliphatic carbocycles. The minimum atomic E-state index is 0.426. The van der Waals surface area contributed by atoms with Gasteiger partial charge in [-0.05, 0) is 0 Å². The fourth-order valence-corrected chi connectivity index (χ4v) is 1.03. The van der Waals surface area contributed by atoms with Gasteiger partial charge < -0.3 is 0 Å². The Labute approximate surface area is 56.2 Å². The third-order valence-electron chi connectivity index (χ3n) is 1.61. The number of nitrogens with zero attached hydrogens (tertiary/aromatic N) is 1. The summed E-state index contributed by atoms with van der Waals surface area (Å²) in [5.74, 6) is 2.85. The molecule has 3 heteroatoms. The van der Waals surface area contributed by atoms with Gasteiger partial charge >= 0.3 is 55.3 Å². The van der Waals surface area contributed by atoms with Crippen molar-refractivity contribution in [1.29, 1.82) is 0 Å². The van der Waals surface area contributed by atoms with Crippen LogP contribution in [0.25, 0.3) is 0 Å². The summed E-state index contributed by atoms with van der Waals surface area (Å²) in [6, 6.07) is 0. The number of amidine groups is 1. The zero-order chi connectivity index (χ0) is 6.69. The van der Waals surface area contributed by atoms with E-state index in [0.29, 0.717) is 5.92 Å². The van der Waals surface area contributed by atoms with Gasteiger partial charge in [0.1, 0.15) is 0 Å². The molecule has 1 radical (unpaired) electrons. The molecule has 0 bridgehead atoms. The maximum absolute atomic E-state index is 5.54. The normalized spacial score (nSPS) is 25.7. The summed E-state index contributed by atoms with van der Waals surface area (Å²) >= 11 is 0. The van der Waals surface area contributed by atoms with E-state index in [0.717, 1.165) is 25.2 Å². The quantitative estimate of drug-likeness (QED) is 0.501. The monoisotopic (exact) mass is 121 g/mol. The Hall–Kier alpha value is -0.595. The second-order valence-electron chi connectivity index (χ2n) is 2.26. The van der Waals surface area contributed by atoms with Crippen LogP contribution in [0.4, 0.5) is 0 Å². The van der Waals surface area contributed by atoms with Crippen molar-refractivity contribution in [3.63, 3.8) is 0 Å². The molecule has 0 amide bonds. The first-order valence-corrected chi connectivity index (χ1v) is 3.18. The van der Waals surface area contributed by atoms with Crippen LogP contribution in [-0.2, 0) is 0 Å². The zero-order valence-electron chi connectivity index (χ0n) is 5.38. The van der Waals surface area contributed by atoms with E-state index >= 15 is 0 Å². The van der Waals surface area contributed by atoms with Crippen molar-refractivity contribution in [2.45, 2.75) is 12.8 Å². The van der Waals surface area contributed by atoms with Gasteiger partial charge in [0.05, 0.1) is 0 Å². The second-order valence-corrected chi connectivity index (χ2v) is 2.26. The summed E-state index contributed by atoms with van der Waals surface area (Å²) in [5.41, 5.74) is 5.54. The van der Waals surface area contributed by atoms with Crippen LogP contribution in [0, 0.1) is 5.92 Å². The first kappa shape index (κ1) is 6.52. The zero-order valence-corrected chi connectivity index (χ0v) is 5.38. The Bertz CT molecular complexity index is 142. The second kappa shape index (κ2) is 2.81. The van der Waals surface area contributed by atoms with Crippen LogP contribution in [0.1, 0.15) is 12.8 Å². The van der Waals surface area contributed by atoms with Gasteiger partial charge in [-0.2, -0.15) is 0 Å². The van der Waals surface area contributed by atoms with Gasteiger partial charge in [0.25, 0.3) is 0 Å². The van der Waals surface area contributed by atoms with E-state index in [1.165, 1.54) is 0 Å². The summed E-state index contributed by atoms with van der Waals surface area (Å²) in [7, 11) is 5.24. The Morgan fingerprint density at radius 1 is 1.89 bits per heavy atom. The fraction of sp³-hybridized carbons (Fsp3) is 0.667. The molecule has 1 unspecified atom stereocenters. The predicted octanol–water partition coefficient (Wildman–Crippen LogP) is -0.276. The summed E-state index contributed by atoms with van der Waals surface area (Å²) in [5, 5.41) is 0. The third kappa shape index (κ3) is 1.41. The summed E-state index contributed by atoms with van der Waals surface area (Å²) < 4.78 is 0. The number of rotatable bonds is 2. The molecule has 2 N–H and O–H groups in total. The third-order valence-corrected chi connectivity index (χ3v) is 1.61. The Morgan fingerprint density at radius 3 is 3.11 bits per heavy atom. The molecule has 0 aromatic carbocycles. The molecular weight excluding hydrogens is 111 g/mol. The molecule has 1 aliphatic rings. The van der Waals surface area contributed by atoms with E-state index in [9.17, 15) is 0 Å². The Morgan fingerprint density at radius 2 is 2.67 bits per heavy atom. The van der Waals surface area contributed by atoms with Crippen molar-refractivity contribution in [3.05, 3.63) is 0 Å². The summed E-state index contributed by atoms with van der Waals surface area (Å²) in [6.45, 7) is 0.879. The van der Waals surface area contributed by atoms with E-state index in [-0.39, 0.29) is 0 Å². The SMILES string of the molecule is [B]=CCC1CCN=C1N. The van der Waals surface area contributed by atoms with Crippen molar-refractivity contribution in [2.75, 3.05) is 6.54 Å². The van der Waals surface area contributed by atoms with Gasteiger partial charge in [0.2, 0.25) is 0 Å². The molecule has 0 spiro atoms. The van der Waals surface area contributed by atoms with Crippen LogP contribution < -0.4 is 5.73 Å². The maximum atomic E-state index is 5.54. The summed E-state index contributed by atoms with van der Waals surface area (Å²) in [4.78, 5) is 4.06. The summed E-state index contributed by atoms with van der Waals surface area (Å²) in [6.07, 6.45) is 1.94. The van der Waals surface area contributed by atoms with Crippen LogP contribution in [0.2, 0.25) is 0 Å². The van der Waals surface area contributed by atoms with Crippen LogP contribution >= 0.6 is 0 Å². The minimum absolute atomic E-state index is 0.426. The van der Waals surface area contributed by atoms with E-state index in [2.05, 4.69) is 4.99 Å². The van der Waals surface area contributed by atoms with Crippen LogP contribution in [0.3, 0.4) is 0 Å². The number of hydrogen-bond acceptors (Lipinski definition) is 2. The van der Waals surface area contributed by atoms with Gasteiger partial charge in [0, 0.05) is 0 Å². The number of aliphatic imine (C=N–C) groups is 1. The van der Waals surface area contributed by atoms with Gasteiger partial charge in [-0.15, -0.1) is 0 Å². The average Bonchev–Trinajstić information content (AvgIpc) is 2.18. The molecule has 0 aromatic heterocycles. The molecule has 0 fully saturated rings. The Balaban J connectivity index is 2.42. The molecule has 47 valence electrons. The van der Waals surface area contributed by atoms with Crippen LogP contribution in [0.5, 0.6) is 0 Å². The van der Waals surface area contributed by atoms with Crippen molar-refractivity contribution in [2.24, 2.45) is 16.6 Å². The molecule has 0 aromatic rings. The average molecular weight is 121 g/mol. The molecule has 0 saturated carbocycles. The molecule has 2 nitrogen and oxygen atoms in total.